The van der Waals surface area contributed by atoms with Gasteiger partial charge in [0.05, 0.1) is 18.9 Å². The molecule has 0 radical (unpaired) electrons. The van der Waals surface area contributed by atoms with E-state index in [1.807, 2.05) is 6.07 Å². The maximum atomic E-state index is 12.1. The van der Waals surface area contributed by atoms with Gasteiger partial charge in [-0.25, -0.2) is 9.78 Å². The van der Waals surface area contributed by atoms with Gasteiger partial charge in [-0.15, -0.1) is 0 Å². The summed E-state index contributed by atoms with van der Waals surface area (Å²) in [6.45, 7) is 2.76. The molecule has 0 aliphatic carbocycles. The van der Waals surface area contributed by atoms with Gasteiger partial charge in [0.1, 0.15) is 11.2 Å². The predicted octanol–water partition coefficient (Wildman–Crippen LogP) is 0.229. The minimum Gasteiger partial charge on any atom is -0.477 e. The minimum atomic E-state index is -1.27. The standard InChI is InChI=1S/C13H13N3O4/c17-12-10(13(18)19)7-14-11-2-1-9(8-16(11)12)15-3-5-20-6-4-15/h1-2,7-8H,3-6H2,(H,18,19). The van der Waals surface area contributed by atoms with Gasteiger partial charge in [0, 0.05) is 25.5 Å². The Balaban J connectivity index is 2.11. The number of hydrogen-bond acceptors (Lipinski definition) is 5. The third-order valence-corrected chi connectivity index (χ3v) is 3.29. The van der Waals surface area contributed by atoms with E-state index in [1.165, 1.54) is 4.40 Å². The Morgan fingerprint density at radius 2 is 2.05 bits per heavy atom. The smallest absolute Gasteiger partial charge is 0.342 e. The summed E-state index contributed by atoms with van der Waals surface area (Å²) in [7, 11) is 0. The lowest BCUT2D eigenvalue weighted by atomic mass is 10.3. The zero-order valence-electron chi connectivity index (χ0n) is 10.7. The van der Waals surface area contributed by atoms with E-state index in [1.54, 1.807) is 12.3 Å². The second-order valence-electron chi connectivity index (χ2n) is 4.50. The number of nitrogens with zero attached hydrogens (tertiary/aromatic N) is 3. The summed E-state index contributed by atoms with van der Waals surface area (Å²) in [6, 6.07) is 3.57. The van der Waals surface area contributed by atoms with E-state index in [4.69, 9.17) is 9.84 Å². The molecule has 1 aliphatic rings. The number of hydrogen-bond donors (Lipinski definition) is 1. The number of ether oxygens (including phenoxy) is 1. The third-order valence-electron chi connectivity index (χ3n) is 3.29. The average molecular weight is 275 g/mol. The summed E-state index contributed by atoms with van der Waals surface area (Å²) in [5, 5.41) is 8.96. The molecule has 0 spiro atoms. The van der Waals surface area contributed by atoms with Gasteiger partial charge in [-0.1, -0.05) is 0 Å². The van der Waals surface area contributed by atoms with Crippen LogP contribution in [-0.4, -0.2) is 46.8 Å². The molecule has 1 fully saturated rings. The summed E-state index contributed by atoms with van der Waals surface area (Å²) >= 11 is 0. The number of rotatable bonds is 2. The summed E-state index contributed by atoms with van der Waals surface area (Å²) in [5.74, 6) is -1.27. The fourth-order valence-corrected chi connectivity index (χ4v) is 2.22. The number of aromatic carboxylic acids is 1. The van der Waals surface area contributed by atoms with Crippen molar-refractivity contribution in [3.05, 3.63) is 40.4 Å². The average Bonchev–Trinajstić information content (AvgIpc) is 2.48. The highest BCUT2D eigenvalue weighted by Crippen LogP contribution is 2.15. The molecule has 7 nitrogen and oxygen atoms in total. The van der Waals surface area contributed by atoms with Gasteiger partial charge in [0.15, 0.2) is 0 Å². The van der Waals surface area contributed by atoms with Crippen LogP contribution in [0.1, 0.15) is 10.4 Å². The topological polar surface area (TPSA) is 84.1 Å². The quantitative estimate of drug-likeness (QED) is 0.844. The van der Waals surface area contributed by atoms with E-state index in [2.05, 4.69) is 9.88 Å². The van der Waals surface area contributed by atoms with E-state index < -0.39 is 11.5 Å². The van der Waals surface area contributed by atoms with E-state index in [0.29, 0.717) is 18.9 Å². The van der Waals surface area contributed by atoms with E-state index in [0.717, 1.165) is 25.0 Å². The number of carboxylic acids is 1. The molecule has 3 rings (SSSR count). The maximum Gasteiger partial charge on any atom is 0.342 e. The molecule has 0 atom stereocenters. The molecule has 0 saturated carbocycles. The largest absolute Gasteiger partial charge is 0.477 e. The van der Waals surface area contributed by atoms with E-state index in [9.17, 15) is 9.59 Å². The molecule has 0 amide bonds. The number of carbonyl (C=O) groups is 1. The van der Waals surface area contributed by atoms with Crippen molar-refractivity contribution in [1.82, 2.24) is 9.38 Å². The Bertz CT molecular complexity index is 719. The molecular weight excluding hydrogens is 262 g/mol. The first kappa shape index (κ1) is 12.6. The monoisotopic (exact) mass is 275 g/mol. The molecule has 0 unspecified atom stereocenters. The number of pyridine rings is 1. The van der Waals surface area contributed by atoms with Crippen molar-refractivity contribution in [2.75, 3.05) is 31.2 Å². The minimum absolute atomic E-state index is 0.332. The van der Waals surface area contributed by atoms with Crippen LogP contribution in [0.5, 0.6) is 0 Å². The summed E-state index contributed by atoms with van der Waals surface area (Å²) in [5.41, 5.74) is 0.378. The lowest BCUT2D eigenvalue weighted by Crippen LogP contribution is -2.36. The van der Waals surface area contributed by atoms with Gasteiger partial charge in [-0.2, -0.15) is 0 Å². The molecule has 7 heteroatoms. The van der Waals surface area contributed by atoms with Gasteiger partial charge in [-0.05, 0) is 12.1 Å². The lowest BCUT2D eigenvalue weighted by molar-refractivity contribution is 0.0694. The first-order valence-electron chi connectivity index (χ1n) is 6.24. The summed E-state index contributed by atoms with van der Waals surface area (Å²) in [4.78, 5) is 29.2. The van der Waals surface area contributed by atoms with Gasteiger partial charge < -0.3 is 14.7 Å². The molecular formula is C13H13N3O4. The van der Waals surface area contributed by atoms with Gasteiger partial charge in [0.25, 0.3) is 5.56 Å². The number of anilines is 1. The molecule has 2 aromatic rings. The molecule has 104 valence electrons. The molecule has 20 heavy (non-hydrogen) atoms. The van der Waals surface area contributed by atoms with Gasteiger partial charge in [0.2, 0.25) is 0 Å². The van der Waals surface area contributed by atoms with Crippen molar-refractivity contribution in [3.8, 4) is 0 Å². The fourth-order valence-electron chi connectivity index (χ4n) is 2.22. The SMILES string of the molecule is O=C(O)c1cnc2ccc(N3CCOCC3)cn2c1=O. The van der Waals surface area contributed by atoms with Crippen molar-refractivity contribution >= 4 is 17.3 Å². The number of carboxylic acid groups (broad SMARTS) is 1. The molecule has 0 aromatic carbocycles. The number of aromatic nitrogens is 2. The molecule has 0 bridgehead atoms. The number of fused-ring (bicyclic) bond motifs is 1. The zero-order chi connectivity index (χ0) is 14.1. The number of morpholine rings is 1. The molecule has 1 aliphatic heterocycles. The highest BCUT2D eigenvalue weighted by molar-refractivity contribution is 5.87. The highest BCUT2D eigenvalue weighted by Gasteiger charge is 2.15. The zero-order valence-corrected chi connectivity index (χ0v) is 10.7. The first-order chi connectivity index (χ1) is 9.66. The van der Waals surface area contributed by atoms with Crippen LogP contribution in [0, 0.1) is 0 Å². The summed E-state index contributed by atoms with van der Waals surface area (Å²) in [6.07, 6.45) is 2.72. The van der Waals surface area contributed by atoms with Crippen LogP contribution in [-0.2, 0) is 4.74 Å². The lowest BCUT2D eigenvalue weighted by Gasteiger charge is -2.28. The van der Waals surface area contributed by atoms with Crippen molar-refractivity contribution < 1.29 is 14.6 Å². The molecule has 3 heterocycles. The van der Waals surface area contributed by atoms with E-state index >= 15 is 0 Å². The molecule has 2 aromatic heterocycles. The maximum absolute atomic E-state index is 12.1. The summed E-state index contributed by atoms with van der Waals surface area (Å²) < 4.78 is 6.55. The van der Waals surface area contributed by atoms with Crippen LogP contribution < -0.4 is 10.5 Å². The van der Waals surface area contributed by atoms with Crippen molar-refractivity contribution in [2.24, 2.45) is 0 Å². The second kappa shape index (κ2) is 4.93. The fraction of sp³-hybridized carbons (Fsp3) is 0.308. The van der Waals surface area contributed by atoms with Crippen LogP contribution >= 0.6 is 0 Å². The first-order valence-corrected chi connectivity index (χ1v) is 6.24. The third kappa shape index (κ3) is 2.12. The van der Waals surface area contributed by atoms with Gasteiger partial charge >= 0.3 is 5.97 Å². The van der Waals surface area contributed by atoms with Crippen LogP contribution in [0.2, 0.25) is 0 Å². The van der Waals surface area contributed by atoms with Gasteiger partial charge in [-0.3, -0.25) is 9.20 Å². The Morgan fingerprint density at radius 1 is 1.30 bits per heavy atom. The van der Waals surface area contributed by atoms with Crippen molar-refractivity contribution in [2.45, 2.75) is 0 Å². The van der Waals surface area contributed by atoms with Crippen LogP contribution in [0.4, 0.5) is 5.69 Å². The molecule has 1 N–H and O–H groups in total. The Morgan fingerprint density at radius 3 is 2.75 bits per heavy atom. The normalized spacial score (nSPS) is 15.5. The van der Waals surface area contributed by atoms with Crippen LogP contribution in [0.25, 0.3) is 5.65 Å². The highest BCUT2D eigenvalue weighted by atomic mass is 16.5. The van der Waals surface area contributed by atoms with Crippen LogP contribution in [0.3, 0.4) is 0 Å². The Labute approximate surface area is 114 Å². The van der Waals surface area contributed by atoms with Crippen molar-refractivity contribution in [3.63, 3.8) is 0 Å². The van der Waals surface area contributed by atoms with E-state index in [-0.39, 0.29) is 5.56 Å². The predicted molar refractivity (Wildman–Crippen MR) is 71.5 cm³/mol. The molecule has 1 saturated heterocycles. The Kier molecular flexibility index (Phi) is 3.11. The van der Waals surface area contributed by atoms with Crippen molar-refractivity contribution in [1.29, 1.82) is 0 Å². The Hall–Kier alpha value is -2.41. The second-order valence-corrected chi connectivity index (χ2v) is 4.50. The van der Waals surface area contributed by atoms with Crippen LogP contribution in [0.15, 0.2) is 29.3 Å².